The highest BCUT2D eigenvalue weighted by atomic mass is 32.2. The highest BCUT2D eigenvalue weighted by Gasteiger charge is 2.27. The molecule has 0 aliphatic carbocycles. The number of benzene rings is 1. The van der Waals surface area contributed by atoms with Gasteiger partial charge in [0.15, 0.2) is 0 Å². The normalized spacial score (nSPS) is 16.9. The summed E-state index contributed by atoms with van der Waals surface area (Å²) in [5.41, 5.74) is 2.29. The summed E-state index contributed by atoms with van der Waals surface area (Å²) in [5, 5.41) is 0. The topological polar surface area (TPSA) is 49.3 Å². The fourth-order valence-corrected chi connectivity index (χ4v) is 4.67. The second-order valence-electron chi connectivity index (χ2n) is 7.23. The molecule has 6 heteroatoms. The van der Waals surface area contributed by atoms with E-state index >= 15 is 0 Å². The molecule has 0 saturated carbocycles. The van der Waals surface area contributed by atoms with Crippen LogP contribution in [-0.4, -0.2) is 46.2 Å². The minimum atomic E-state index is 0.194. The molecule has 1 aromatic heterocycles. The molecule has 1 aromatic carbocycles. The summed E-state index contributed by atoms with van der Waals surface area (Å²) in [6.45, 7) is 5.47. The van der Waals surface area contributed by atoms with E-state index in [0.29, 0.717) is 12.3 Å². The Kier molecular flexibility index (Phi) is 5.62. The van der Waals surface area contributed by atoms with Gasteiger partial charge in [0.1, 0.15) is 11.6 Å². The molecule has 4 rings (SSSR count). The number of fused-ring (bicyclic) bond motifs is 1. The van der Waals surface area contributed by atoms with Gasteiger partial charge in [0, 0.05) is 36.5 Å². The highest BCUT2D eigenvalue weighted by molar-refractivity contribution is 8.00. The summed E-state index contributed by atoms with van der Waals surface area (Å²) in [6.07, 6.45) is 4.55. The zero-order valence-electron chi connectivity index (χ0n) is 15.9. The molecule has 2 aromatic rings. The van der Waals surface area contributed by atoms with Gasteiger partial charge in [0.25, 0.3) is 0 Å². The molecule has 0 radical (unpaired) electrons. The lowest BCUT2D eigenvalue weighted by atomic mass is 10.0. The Labute approximate surface area is 165 Å². The number of rotatable bonds is 4. The first-order valence-corrected chi connectivity index (χ1v) is 10.8. The number of piperidine rings is 1. The average molecular weight is 383 g/mol. The van der Waals surface area contributed by atoms with Crippen LogP contribution in [-0.2, 0) is 17.8 Å². The van der Waals surface area contributed by atoms with Crippen LogP contribution >= 0.6 is 11.8 Å². The maximum absolute atomic E-state index is 12.8. The van der Waals surface area contributed by atoms with Crippen molar-refractivity contribution in [3.8, 4) is 0 Å². The van der Waals surface area contributed by atoms with E-state index < -0.39 is 0 Å². The number of hydrogen-bond acceptors (Lipinski definition) is 5. The maximum Gasteiger partial charge on any atom is 0.233 e. The number of carbonyl (C=O) groups is 1. The van der Waals surface area contributed by atoms with E-state index in [1.54, 1.807) is 11.8 Å². The molecule has 0 atom stereocenters. The van der Waals surface area contributed by atoms with E-state index in [-0.39, 0.29) is 5.91 Å². The molecule has 1 amide bonds. The van der Waals surface area contributed by atoms with E-state index in [9.17, 15) is 4.79 Å². The summed E-state index contributed by atoms with van der Waals surface area (Å²) < 4.78 is 0. The van der Waals surface area contributed by atoms with Crippen molar-refractivity contribution in [1.82, 2.24) is 14.9 Å². The van der Waals surface area contributed by atoms with Crippen molar-refractivity contribution in [2.75, 3.05) is 30.3 Å². The van der Waals surface area contributed by atoms with Crippen LogP contribution in [0.5, 0.6) is 0 Å². The van der Waals surface area contributed by atoms with Crippen molar-refractivity contribution < 1.29 is 4.79 Å². The molecule has 5 nitrogen and oxygen atoms in total. The van der Waals surface area contributed by atoms with Gasteiger partial charge in [-0.05, 0) is 38.3 Å². The SMILES string of the molecule is Cc1nc2c(c(N3CCCCC3)n1)CN(C(=O)CSc1ccccc1)CC2. The van der Waals surface area contributed by atoms with E-state index in [2.05, 4.69) is 22.0 Å². The zero-order valence-corrected chi connectivity index (χ0v) is 16.7. The quantitative estimate of drug-likeness (QED) is 0.758. The smallest absolute Gasteiger partial charge is 0.233 e. The van der Waals surface area contributed by atoms with Crippen LogP contribution in [0, 0.1) is 6.92 Å². The Bertz CT molecular complexity index is 805. The van der Waals surface area contributed by atoms with Gasteiger partial charge >= 0.3 is 0 Å². The first-order chi connectivity index (χ1) is 13.2. The van der Waals surface area contributed by atoms with Crippen LogP contribution in [0.15, 0.2) is 35.2 Å². The molecule has 1 fully saturated rings. The van der Waals surface area contributed by atoms with Crippen LogP contribution in [0.2, 0.25) is 0 Å². The fraction of sp³-hybridized carbons (Fsp3) is 0.476. The Morgan fingerprint density at radius 3 is 2.63 bits per heavy atom. The number of anilines is 1. The molecule has 2 aliphatic heterocycles. The summed E-state index contributed by atoms with van der Waals surface area (Å²) in [5.74, 6) is 2.57. The molecule has 0 N–H and O–H groups in total. The minimum absolute atomic E-state index is 0.194. The third-order valence-corrected chi connectivity index (χ3v) is 6.26. The summed E-state index contributed by atoms with van der Waals surface area (Å²) >= 11 is 1.61. The second-order valence-corrected chi connectivity index (χ2v) is 8.28. The van der Waals surface area contributed by atoms with Gasteiger partial charge in [-0.2, -0.15) is 0 Å². The van der Waals surface area contributed by atoms with E-state index in [1.807, 2.05) is 30.0 Å². The van der Waals surface area contributed by atoms with Crippen molar-refractivity contribution in [2.24, 2.45) is 0 Å². The van der Waals surface area contributed by atoms with E-state index in [0.717, 1.165) is 53.9 Å². The summed E-state index contributed by atoms with van der Waals surface area (Å²) in [4.78, 5) is 27.7. The molecule has 2 aliphatic rings. The van der Waals surface area contributed by atoms with Crippen molar-refractivity contribution in [2.45, 2.75) is 44.0 Å². The average Bonchev–Trinajstić information content (AvgIpc) is 2.72. The molecular formula is C21H26N4OS. The van der Waals surface area contributed by atoms with Gasteiger partial charge in [0.05, 0.1) is 18.0 Å². The number of hydrogen-bond donors (Lipinski definition) is 0. The molecule has 0 unspecified atom stereocenters. The van der Waals surface area contributed by atoms with Crippen LogP contribution in [0.1, 0.15) is 36.3 Å². The maximum atomic E-state index is 12.8. The number of thioether (sulfide) groups is 1. The van der Waals surface area contributed by atoms with E-state index in [1.165, 1.54) is 19.3 Å². The second kappa shape index (κ2) is 8.30. The van der Waals surface area contributed by atoms with Crippen molar-refractivity contribution in [1.29, 1.82) is 0 Å². The molecule has 0 bridgehead atoms. The van der Waals surface area contributed by atoms with Gasteiger partial charge in [-0.1, -0.05) is 18.2 Å². The Morgan fingerprint density at radius 2 is 1.85 bits per heavy atom. The van der Waals surface area contributed by atoms with Crippen LogP contribution in [0.4, 0.5) is 5.82 Å². The van der Waals surface area contributed by atoms with Crippen molar-refractivity contribution >= 4 is 23.5 Å². The van der Waals surface area contributed by atoms with Gasteiger partial charge in [0.2, 0.25) is 5.91 Å². The van der Waals surface area contributed by atoms with Crippen LogP contribution < -0.4 is 4.90 Å². The van der Waals surface area contributed by atoms with Crippen molar-refractivity contribution in [3.63, 3.8) is 0 Å². The number of aryl methyl sites for hydroxylation is 1. The highest BCUT2D eigenvalue weighted by Crippen LogP contribution is 2.29. The van der Waals surface area contributed by atoms with Crippen molar-refractivity contribution in [3.05, 3.63) is 47.4 Å². The third kappa shape index (κ3) is 4.26. The molecule has 0 spiro atoms. The van der Waals surface area contributed by atoms with Crippen LogP contribution in [0.25, 0.3) is 0 Å². The first kappa shape index (κ1) is 18.3. The predicted molar refractivity (Wildman–Crippen MR) is 109 cm³/mol. The number of aromatic nitrogens is 2. The van der Waals surface area contributed by atoms with Gasteiger partial charge in [-0.25, -0.2) is 9.97 Å². The van der Waals surface area contributed by atoms with Crippen LogP contribution in [0.3, 0.4) is 0 Å². The number of nitrogens with zero attached hydrogens (tertiary/aromatic N) is 4. The molecule has 1 saturated heterocycles. The Morgan fingerprint density at radius 1 is 1.07 bits per heavy atom. The lowest BCUT2D eigenvalue weighted by Crippen LogP contribution is -2.40. The first-order valence-electron chi connectivity index (χ1n) is 9.77. The van der Waals surface area contributed by atoms with Gasteiger partial charge in [-0.15, -0.1) is 11.8 Å². The number of carbonyl (C=O) groups excluding carboxylic acids is 1. The summed E-state index contributed by atoms with van der Waals surface area (Å²) in [7, 11) is 0. The monoisotopic (exact) mass is 382 g/mol. The fourth-order valence-electron chi connectivity index (χ4n) is 3.85. The minimum Gasteiger partial charge on any atom is -0.356 e. The number of amides is 1. The zero-order chi connectivity index (χ0) is 18.6. The lowest BCUT2D eigenvalue weighted by Gasteiger charge is -2.34. The van der Waals surface area contributed by atoms with E-state index in [4.69, 9.17) is 4.98 Å². The molecule has 142 valence electrons. The van der Waals surface area contributed by atoms with Gasteiger partial charge < -0.3 is 9.80 Å². The Hall–Kier alpha value is -2.08. The molecule has 3 heterocycles. The summed E-state index contributed by atoms with van der Waals surface area (Å²) in [6, 6.07) is 10.1. The standard InChI is InChI=1S/C21H26N4OS/c1-16-22-19-10-13-25(20(26)15-27-17-8-4-2-5-9-17)14-18(19)21(23-16)24-11-6-3-7-12-24/h2,4-5,8-9H,3,6-7,10-15H2,1H3. The predicted octanol–water partition coefficient (Wildman–Crippen LogP) is 3.45. The Balaban J connectivity index is 1.49. The molecular weight excluding hydrogens is 356 g/mol. The largest absolute Gasteiger partial charge is 0.356 e. The van der Waals surface area contributed by atoms with Gasteiger partial charge in [-0.3, -0.25) is 4.79 Å². The molecule has 27 heavy (non-hydrogen) atoms. The lowest BCUT2D eigenvalue weighted by molar-refractivity contribution is -0.129. The third-order valence-electron chi connectivity index (χ3n) is 5.26.